The Balaban J connectivity index is 1.49. The molecule has 4 rings (SSSR count). The lowest BCUT2D eigenvalue weighted by Gasteiger charge is -2.17. The van der Waals surface area contributed by atoms with Gasteiger partial charge in [0.2, 0.25) is 5.91 Å². The second kappa shape index (κ2) is 8.30. The van der Waals surface area contributed by atoms with Gasteiger partial charge in [-0.15, -0.1) is 0 Å². The molecule has 0 spiro atoms. The van der Waals surface area contributed by atoms with Crippen LogP contribution in [0.25, 0.3) is 10.9 Å². The Morgan fingerprint density at radius 2 is 1.77 bits per heavy atom. The topological polar surface area (TPSA) is 81.1 Å². The van der Waals surface area contributed by atoms with Gasteiger partial charge in [-0.2, -0.15) is 0 Å². The van der Waals surface area contributed by atoms with Crippen LogP contribution in [0.2, 0.25) is 0 Å². The van der Waals surface area contributed by atoms with Crippen molar-refractivity contribution in [3.05, 3.63) is 64.4 Å². The molecule has 1 aliphatic carbocycles. The third-order valence-corrected chi connectivity index (χ3v) is 6.12. The molecule has 6 nitrogen and oxygen atoms in total. The van der Waals surface area contributed by atoms with E-state index in [9.17, 15) is 14.4 Å². The summed E-state index contributed by atoms with van der Waals surface area (Å²) in [7, 11) is 0. The van der Waals surface area contributed by atoms with E-state index in [0.29, 0.717) is 27.3 Å². The summed E-state index contributed by atoms with van der Waals surface area (Å²) < 4.78 is 1.74. The van der Waals surface area contributed by atoms with Crippen molar-refractivity contribution >= 4 is 40.0 Å². The molecule has 0 aliphatic heterocycles. The standard InChI is InChI=1S/C24H25N3O3S/c1-24(2,3)22(30)25-16-10-8-15(9-11-16)20(28)14-31-23-26-19-7-5-4-6-18(19)21(29)27(23)17-12-13-17/h4-11,17H,12-14H2,1-3H3,(H,25,30). The van der Waals surface area contributed by atoms with E-state index in [1.54, 1.807) is 34.9 Å². The Kier molecular flexibility index (Phi) is 5.71. The van der Waals surface area contributed by atoms with Crippen molar-refractivity contribution in [3.8, 4) is 0 Å². The molecule has 1 aliphatic rings. The largest absolute Gasteiger partial charge is 0.326 e. The van der Waals surface area contributed by atoms with Crippen molar-refractivity contribution in [2.75, 3.05) is 11.1 Å². The Labute approximate surface area is 185 Å². The van der Waals surface area contributed by atoms with Gasteiger partial charge in [-0.25, -0.2) is 4.98 Å². The Hall–Kier alpha value is -2.93. The van der Waals surface area contributed by atoms with Crippen LogP contribution in [0.3, 0.4) is 0 Å². The minimum absolute atomic E-state index is 0.0398. The Morgan fingerprint density at radius 3 is 2.42 bits per heavy atom. The number of hydrogen-bond donors (Lipinski definition) is 1. The third-order valence-electron chi connectivity index (χ3n) is 5.17. The number of thioether (sulfide) groups is 1. The number of aromatic nitrogens is 2. The number of nitrogens with one attached hydrogen (secondary N) is 1. The normalized spacial score (nSPS) is 13.9. The van der Waals surface area contributed by atoms with Gasteiger partial charge >= 0.3 is 0 Å². The van der Waals surface area contributed by atoms with E-state index in [1.165, 1.54) is 11.8 Å². The zero-order valence-electron chi connectivity index (χ0n) is 17.8. The summed E-state index contributed by atoms with van der Waals surface area (Å²) >= 11 is 1.30. The van der Waals surface area contributed by atoms with Crippen LogP contribution in [-0.2, 0) is 4.79 Å². The zero-order chi connectivity index (χ0) is 22.2. The van der Waals surface area contributed by atoms with Gasteiger partial charge in [-0.05, 0) is 49.2 Å². The van der Waals surface area contributed by atoms with E-state index in [1.807, 2.05) is 39.0 Å². The highest BCUT2D eigenvalue weighted by atomic mass is 32.2. The quantitative estimate of drug-likeness (QED) is 0.345. The highest BCUT2D eigenvalue weighted by Gasteiger charge is 2.29. The number of nitrogens with zero attached hydrogens (tertiary/aromatic N) is 2. The molecule has 0 bridgehead atoms. The van der Waals surface area contributed by atoms with Gasteiger partial charge in [0.25, 0.3) is 5.56 Å². The van der Waals surface area contributed by atoms with Gasteiger partial charge in [0.05, 0.1) is 16.7 Å². The number of Topliss-reactive ketones (excluding diaryl/α,β-unsaturated/α-hetero) is 1. The van der Waals surface area contributed by atoms with Crippen LogP contribution in [0.5, 0.6) is 0 Å². The van der Waals surface area contributed by atoms with Crippen LogP contribution < -0.4 is 10.9 Å². The lowest BCUT2D eigenvalue weighted by molar-refractivity contribution is -0.123. The second-order valence-electron chi connectivity index (χ2n) is 8.81. The first-order valence-electron chi connectivity index (χ1n) is 10.3. The van der Waals surface area contributed by atoms with Crippen molar-refractivity contribution in [3.63, 3.8) is 0 Å². The predicted octanol–water partition coefficient (Wildman–Crippen LogP) is 4.69. The van der Waals surface area contributed by atoms with Crippen molar-refractivity contribution in [1.82, 2.24) is 9.55 Å². The number of rotatable bonds is 6. The predicted molar refractivity (Wildman–Crippen MR) is 124 cm³/mol. The molecular weight excluding hydrogens is 410 g/mol. The van der Waals surface area contributed by atoms with Gasteiger partial charge in [-0.3, -0.25) is 19.0 Å². The van der Waals surface area contributed by atoms with E-state index < -0.39 is 5.41 Å². The smallest absolute Gasteiger partial charge is 0.262 e. The molecule has 1 aromatic heterocycles. The number of hydrogen-bond acceptors (Lipinski definition) is 5. The summed E-state index contributed by atoms with van der Waals surface area (Å²) in [5.74, 6) is 0.0524. The molecule has 2 aromatic carbocycles. The maximum absolute atomic E-state index is 12.9. The molecule has 0 saturated heterocycles. The number of ketones is 1. The van der Waals surface area contributed by atoms with Crippen LogP contribution in [0.1, 0.15) is 50.0 Å². The van der Waals surface area contributed by atoms with Crippen LogP contribution in [-0.4, -0.2) is 27.0 Å². The fourth-order valence-electron chi connectivity index (χ4n) is 3.15. The first-order valence-corrected chi connectivity index (χ1v) is 11.3. The molecule has 0 radical (unpaired) electrons. The lowest BCUT2D eigenvalue weighted by atomic mass is 9.95. The lowest BCUT2D eigenvalue weighted by Crippen LogP contribution is -2.27. The first kappa shape index (κ1) is 21.3. The van der Waals surface area contributed by atoms with Crippen LogP contribution >= 0.6 is 11.8 Å². The minimum Gasteiger partial charge on any atom is -0.326 e. The average molecular weight is 436 g/mol. The first-order chi connectivity index (χ1) is 14.7. The maximum Gasteiger partial charge on any atom is 0.262 e. The van der Waals surface area contributed by atoms with E-state index in [2.05, 4.69) is 10.3 Å². The van der Waals surface area contributed by atoms with E-state index in [0.717, 1.165) is 12.8 Å². The third kappa shape index (κ3) is 4.71. The van der Waals surface area contributed by atoms with Crippen molar-refractivity contribution in [1.29, 1.82) is 0 Å². The number of para-hydroxylation sites is 1. The molecule has 31 heavy (non-hydrogen) atoms. The molecule has 160 valence electrons. The highest BCUT2D eigenvalue weighted by Crippen LogP contribution is 2.37. The number of carbonyl (C=O) groups is 2. The van der Waals surface area contributed by atoms with Crippen molar-refractivity contribution < 1.29 is 9.59 Å². The van der Waals surface area contributed by atoms with Gasteiger partial charge in [-0.1, -0.05) is 44.7 Å². The molecule has 3 aromatic rings. The number of anilines is 1. The van der Waals surface area contributed by atoms with Crippen molar-refractivity contribution in [2.24, 2.45) is 5.41 Å². The van der Waals surface area contributed by atoms with Crippen molar-refractivity contribution in [2.45, 2.75) is 44.8 Å². The summed E-state index contributed by atoms with van der Waals surface area (Å²) in [5.41, 5.74) is 1.33. The second-order valence-corrected chi connectivity index (χ2v) is 9.75. The number of carbonyl (C=O) groups excluding carboxylic acids is 2. The summed E-state index contributed by atoms with van der Waals surface area (Å²) in [4.78, 5) is 42.4. The van der Waals surface area contributed by atoms with Crippen LogP contribution in [0, 0.1) is 5.41 Å². The highest BCUT2D eigenvalue weighted by molar-refractivity contribution is 7.99. The Morgan fingerprint density at radius 1 is 1.10 bits per heavy atom. The molecule has 0 atom stereocenters. The fourth-order valence-corrected chi connectivity index (χ4v) is 4.11. The number of fused-ring (bicyclic) bond motifs is 1. The molecule has 0 unspecified atom stereocenters. The molecule has 1 heterocycles. The Bertz CT molecular complexity index is 1210. The maximum atomic E-state index is 12.9. The van der Waals surface area contributed by atoms with Gasteiger partial charge in [0.1, 0.15) is 0 Å². The van der Waals surface area contributed by atoms with E-state index in [4.69, 9.17) is 0 Å². The molecule has 1 amide bonds. The molecule has 7 heteroatoms. The number of benzene rings is 2. The SMILES string of the molecule is CC(C)(C)C(=O)Nc1ccc(C(=O)CSc2nc3ccccc3c(=O)n2C2CC2)cc1. The van der Waals surface area contributed by atoms with Gasteiger partial charge in [0, 0.05) is 22.7 Å². The molecular formula is C24H25N3O3S. The summed E-state index contributed by atoms with van der Waals surface area (Å²) in [6.07, 6.45) is 1.92. The average Bonchev–Trinajstić information content (AvgIpc) is 3.57. The fraction of sp³-hybridized carbons (Fsp3) is 0.333. The number of amides is 1. The van der Waals surface area contributed by atoms with Crippen LogP contribution in [0.15, 0.2) is 58.5 Å². The molecule has 1 saturated carbocycles. The van der Waals surface area contributed by atoms with Gasteiger partial charge in [0.15, 0.2) is 10.9 Å². The summed E-state index contributed by atoms with van der Waals surface area (Å²) in [6, 6.07) is 14.4. The summed E-state index contributed by atoms with van der Waals surface area (Å²) in [5, 5.41) is 4.05. The zero-order valence-corrected chi connectivity index (χ0v) is 18.7. The van der Waals surface area contributed by atoms with Gasteiger partial charge < -0.3 is 5.32 Å². The van der Waals surface area contributed by atoms with E-state index >= 15 is 0 Å². The van der Waals surface area contributed by atoms with Crippen LogP contribution in [0.4, 0.5) is 5.69 Å². The molecule has 1 fully saturated rings. The molecule has 1 N–H and O–H groups in total. The van der Waals surface area contributed by atoms with E-state index in [-0.39, 0.29) is 29.0 Å². The minimum atomic E-state index is -0.491. The monoisotopic (exact) mass is 435 g/mol. The summed E-state index contributed by atoms with van der Waals surface area (Å²) in [6.45, 7) is 5.54.